The van der Waals surface area contributed by atoms with Gasteiger partial charge in [0, 0.05) is 38.6 Å². The minimum Gasteiger partial charge on any atom is -0.378 e. The lowest BCUT2D eigenvalue weighted by molar-refractivity contribution is 0.0676. The van der Waals surface area contributed by atoms with Gasteiger partial charge in [-0.15, -0.1) is 0 Å². The maximum Gasteiger partial charge on any atom is 0.274 e. The summed E-state index contributed by atoms with van der Waals surface area (Å²) in [7, 11) is 4.01. The average molecular weight is 339 g/mol. The summed E-state index contributed by atoms with van der Waals surface area (Å²) in [5.74, 6) is 1.15. The SMILES string of the molecule is CC1CCCN(C(=O)c2cnc(Nc3ccc(N(C)C)cc3)cn2)C1. The number of anilines is 3. The van der Waals surface area contributed by atoms with E-state index in [1.807, 2.05) is 48.2 Å². The molecular formula is C19H25N5O. The smallest absolute Gasteiger partial charge is 0.274 e. The second-order valence-electron chi connectivity index (χ2n) is 6.85. The van der Waals surface area contributed by atoms with Crippen LogP contribution in [-0.2, 0) is 0 Å². The highest BCUT2D eigenvalue weighted by Crippen LogP contribution is 2.20. The van der Waals surface area contributed by atoms with E-state index in [2.05, 4.69) is 22.2 Å². The fraction of sp³-hybridized carbons (Fsp3) is 0.421. The summed E-state index contributed by atoms with van der Waals surface area (Å²) in [6.45, 7) is 3.79. The molecule has 1 N–H and O–H groups in total. The molecule has 1 aliphatic heterocycles. The van der Waals surface area contributed by atoms with Crippen molar-refractivity contribution in [1.29, 1.82) is 0 Å². The maximum atomic E-state index is 12.5. The number of hydrogen-bond acceptors (Lipinski definition) is 5. The van der Waals surface area contributed by atoms with Crippen molar-refractivity contribution in [2.75, 3.05) is 37.4 Å². The van der Waals surface area contributed by atoms with Gasteiger partial charge in [-0.2, -0.15) is 0 Å². The summed E-state index contributed by atoms with van der Waals surface area (Å²) in [5.41, 5.74) is 2.47. The molecule has 132 valence electrons. The molecule has 1 amide bonds. The molecule has 6 heteroatoms. The van der Waals surface area contributed by atoms with E-state index in [0.29, 0.717) is 17.4 Å². The molecule has 3 rings (SSSR count). The van der Waals surface area contributed by atoms with Crippen molar-refractivity contribution in [1.82, 2.24) is 14.9 Å². The predicted molar refractivity (Wildman–Crippen MR) is 100 cm³/mol. The van der Waals surface area contributed by atoms with E-state index in [1.54, 1.807) is 12.4 Å². The summed E-state index contributed by atoms with van der Waals surface area (Å²) in [6, 6.07) is 8.05. The van der Waals surface area contributed by atoms with Crippen LogP contribution in [0.3, 0.4) is 0 Å². The van der Waals surface area contributed by atoms with E-state index in [9.17, 15) is 4.79 Å². The van der Waals surface area contributed by atoms with Gasteiger partial charge >= 0.3 is 0 Å². The molecular weight excluding hydrogens is 314 g/mol. The van der Waals surface area contributed by atoms with Gasteiger partial charge in [0.05, 0.1) is 12.4 Å². The molecule has 1 unspecified atom stereocenters. The average Bonchev–Trinajstić information content (AvgIpc) is 2.62. The van der Waals surface area contributed by atoms with Gasteiger partial charge in [-0.3, -0.25) is 4.79 Å². The molecule has 1 fully saturated rings. The van der Waals surface area contributed by atoms with Crippen molar-refractivity contribution < 1.29 is 4.79 Å². The van der Waals surface area contributed by atoms with Crippen molar-refractivity contribution in [2.45, 2.75) is 19.8 Å². The molecule has 1 aromatic heterocycles. The standard InChI is InChI=1S/C19H25N5O/c1-14-5-4-10-24(13-14)19(25)17-11-21-18(12-20-17)22-15-6-8-16(9-7-15)23(2)3/h6-9,11-12,14H,4-5,10,13H2,1-3H3,(H,21,22). The number of carbonyl (C=O) groups excluding carboxylic acids is 1. The Morgan fingerprint density at radius 1 is 1.20 bits per heavy atom. The number of nitrogens with one attached hydrogen (secondary N) is 1. The second kappa shape index (κ2) is 7.51. The molecule has 1 aromatic carbocycles. The van der Waals surface area contributed by atoms with Gasteiger partial charge in [0.25, 0.3) is 5.91 Å². The first kappa shape index (κ1) is 17.2. The number of nitrogens with zero attached hydrogens (tertiary/aromatic N) is 4. The summed E-state index contributed by atoms with van der Waals surface area (Å²) in [4.78, 5) is 25.1. The summed E-state index contributed by atoms with van der Waals surface area (Å²) >= 11 is 0. The zero-order chi connectivity index (χ0) is 17.8. The highest BCUT2D eigenvalue weighted by molar-refractivity contribution is 5.92. The van der Waals surface area contributed by atoms with Crippen LogP contribution in [0.15, 0.2) is 36.7 Å². The molecule has 0 bridgehead atoms. The van der Waals surface area contributed by atoms with Crippen LogP contribution < -0.4 is 10.2 Å². The Balaban J connectivity index is 1.64. The predicted octanol–water partition coefficient (Wildman–Crippen LogP) is 3.16. The Morgan fingerprint density at radius 3 is 2.56 bits per heavy atom. The van der Waals surface area contributed by atoms with Crippen molar-refractivity contribution in [3.8, 4) is 0 Å². The molecule has 6 nitrogen and oxygen atoms in total. The topological polar surface area (TPSA) is 61.4 Å². The van der Waals surface area contributed by atoms with Gasteiger partial charge in [-0.1, -0.05) is 6.92 Å². The zero-order valence-electron chi connectivity index (χ0n) is 15.1. The molecule has 2 aromatic rings. The van der Waals surface area contributed by atoms with Crippen LogP contribution in [-0.4, -0.2) is 48.0 Å². The van der Waals surface area contributed by atoms with Gasteiger partial charge in [0.2, 0.25) is 0 Å². The molecule has 2 heterocycles. The number of benzene rings is 1. The number of amides is 1. The molecule has 0 radical (unpaired) electrons. The summed E-state index contributed by atoms with van der Waals surface area (Å²) in [6.07, 6.45) is 5.41. The van der Waals surface area contributed by atoms with Crippen LogP contribution in [0, 0.1) is 5.92 Å². The Bertz CT molecular complexity index is 712. The van der Waals surface area contributed by atoms with Crippen molar-refractivity contribution in [3.63, 3.8) is 0 Å². The first-order valence-corrected chi connectivity index (χ1v) is 8.68. The third kappa shape index (κ3) is 4.26. The monoisotopic (exact) mass is 339 g/mol. The van der Waals surface area contributed by atoms with Gasteiger partial charge in [-0.05, 0) is 43.0 Å². The Labute approximate surface area is 148 Å². The van der Waals surface area contributed by atoms with Crippen LogP contribution in [0.2, 0.25) is 0 Å². The Kier molecular flexibility index (Phi) is 5.16. The molecule has 1 atom stereocenters. The molecule has 0 saturated carbocycles. The van der Waals surface area contributed by atoms with Gasteiger partial charge < -0.3 is 15.1 Å². The van der Waals surface area contributed by atoms with Gasteiger partial charge in [0.15, 0.2) is 0 Å². The first-order chi connectivity index (χ1) is 12.0. The van der Waals surface area contributed by atoms with Crippen LogP contribution in [0.5, 0.6) is 0 Å². The normalized spacial score (nSPS) is 17.2. The minimum absolute atomic E-state index is 0.0269. The Hall–Kier alpha value is -2.63. The van der Waals surface area contributed by atoms with E-state index < -0.39 is 0 Å². The lowest BCUT2D eigenvalue weighted by Gasteiger charge is -2.30. The fourth-order valence-electron chi connectivity index (χ4n) is 3.03. The van der Waals surface area contributed by atoms with Crippen LogP contribution in [0.4, 0.5) is 17.2 Å². The highest BCUT2D eigenvalue weighted by atomic mass is 16.2. The molecule has 1 aliphatic rings. The van der Waals surface area contributed by atoms with E-state index in [4.69, 9.17) is 0 Å². The first-order valence-electron chi connectivity index (χ1n) is 8.68. The van der Waals surface area contributed by atoms with E-state index in [1.165, 1.54) is 6.42 Å². The van der Waals surface area contributed by atoms with Crippen LogP contribution >= 0.6 is 0 Å². The van der Waals surface area contributed by atoms with E-state index in [0.717, 1.165) is 30.9 Å². The van der Waals surface area contributed by atoms with Crippen molar-refractivity contribution >= 4 is 23.1 Å². The number of aromatic nitrogens is 2. The van der Waals surface area contributed by atoms with Gasteiger partial charge in [0.1, 0.15) is 11.5 Å². The number of hydrogen-bond donors (Lipinski definition) is 1. The summed E-state index contributed by atoms with van der Waals surface area (Å²) in [5, 5.41) is 3.21. The third-order valence-corrected chi connectivity index (χ3v) is 4.47. The largest absolute Gasteiger partial charge is 0.378 e. The maximum absolute atomic E-state index is 12.5. The van der Waals surface area contributed by atoms with Crippen molar-refractivity contribution in [3.05, 3.63) is 42.4 Å². The van der Waals surface area contributed by atoms with Gasteiger partial charge in [-0.25, -0.2) is 9.97 Å². The fourth-order valence-corrected chi connectivity index (χ4v) is 3.03. The molecule has 1 saturated heterocycles. The van der Waals surface area contributed by atoms with Crippen LogP contribution in [0.1, 0.15) is 30.3 Å². The van der Waals surface area contributed by atoms with Crippen LogP contribution in [0.25, 0.3) is 0 Å². The number of likely N-dealkylation sites (tertiary alicyclic amines) is 1. The number of rotatable bonds is 4. The molecule has 0 aliphatic carbocycles. The lowest BCUT2D eigenvalue weighted by Crippen LogP contribution is -2.39. The second-order valence-corrected chi connectivity index (χ2v) is 6.85. The third-order valence-electron chi connectivity index (χ3n) is 4.47. The van der Waals surface area contributed by atoms with Crippen molar-refractivity contribution in [2.24, 2.45) is 5.92 Å². The molecule has 25 heavy (non-hydrogen) atoms. The molecule has 0 spiro atoms. The number of carbonyl (C=O) groups is 1. The highest BCUT2D eigenvalue weighted by Gasteiger charge is 2.23. The van der Waals surface area contributed by atoms with E-state index in [-0.39, 0.29) is 5.91 Å². The summed E-state index contributed by atoms with van der Waals surface area (Å²) < 4.78 is 0. The Morgan fingerprint density at radius 2 is 1.96 bits per heavy atom. The minimum atomic E-state index is -0.0269. The lowest BCUT2D eigenvalue weighted by atomic mass is 10.0. The zero-order valence-corrected chi connectivity index (χ0v) is 15.1. The van der Waals surface area contributed by atoms with E-state index >= 15 is 0 Å². The quantitative estimate of drug-likeness (QED) is 0.927. The number of piperidine rings is 1.